The first-order chi connectivity index (χ1) is 9.97. The molecule has 0 fully saturated rings. The minimum Gasteiger partial charge on any atom is -0.506 e. The van der Waals surface area contributed by atoms with Crippen LogP contribution in [0.25, 0.3) is 0 Å². The number of nitrogens with zero attached hydrogens (tertiary/aromatic N) is 1. The van der Waals surface area contributed by atoms with E-state index in [-0.39, 0.29) is 11.3 Å². The average molecular weight is 416 g/mol. The number of carbonyl (C=O) groups is 1. The van der Waals surface area contributed by atoms with Crippen LogP contribution in [-0.4, -0.2) is 17.2 Å². The van der Waals surface area contributed by atoms with Crippen molar-refractivity contribution in [2.75, 3.05) is 0 Å². The molecule has 0 radical (unpaired) electrons. The number of rotatable bonds is 3. The molecule has 0 heterocycles. The average Bonchev–Trinajstić information content (AvgIpc) is 2.43. The molecule has 0 aromatic heterocycles. The normalized spacial score (nSPS) is 10.8. The Morgan fingerprint density at radius 2 is 2.05 bits per heavy atom. The Bertz CT molecular complexity index is 720. The third kappa shape index (κ3) is 4.12. The fourth-order valence-electron chi connectivity index (χ4n) is 1.54. The molecule has 0 atom stereocenters. The molecule has 108 valence electrons. The van der Waals surface area contributed by atoms with Crippen LogP contribution in [0.5, 0.6) is 5.75 Å². The van der Waals surface area contributed by atoms with Crippen molar-refractivity contribution in [3.8, 4) is 5.75 Å². The van der Waals surface area contributed by atoms with Gasteiger partial charge < -0.3 is 5.11 Å². The van der Waals surface area contributed by atoms with E-state index in [0.29, 0.717) is 10.0 Å². The predicted molar refractivity (Wildman–Crippen MR) is 85.0 cm³/mol. The predicted octanol–water partition coefficient (Wildman–Crippen LogP) is 3.82. The molecule has 0 bridgehead atoms. The maximum Gasteiger partial charge on any atom is 0.271 e. The number of aromatic hydroxyl groups is 1. The summed E-state index contributed by atoms with van der Waals surface area (Å²) in [6.07, 6.45) is 1.29. The Morgan fingerprint density at radius 3 is 2.76 bits per heavy atom. The number of carbonyl (C=O) groups excluding carboxylic acids is 1. The molecule has 2 rings (SSSR count). The fraction of sp³-hybridized carbons (Fsp3) is 0. The van der Waals surface area contributed by atoms with E-state index in [1.165, 1.54) is 24.4 Å². The van der Waals surface area contributed by atoms with Gasteiger partial charge in [-0.15, -0.1) is 0 Å². The van der Waals surface area contributed by atoms with E-state index in [9.17, 15) is 14.3 Å². The highest BCUT2D eigenvalue weighted by molar-refractivity contribution is 9.11. The van der Waals surface area contributed by atoms with Crippen molar-refractivity contribution in [2.45, 2.75) is 0 Å². The second-order valence-corrected chi connectivity index (χ2v) is 5.80. The molecule has 1 amide bonds. The fourth-order valence-corrected chi connectivity index (χ4v) is 2.80. The number of halogens is 3. The van der Waals surface area contributed by atoms with Gasteiger partial charge in [-0.1, -0.05) is 22.0 Å². The lowest BCUT2D eigenvalue weighted by Crippen LogP contribution is -2.17. The number of amides is 1. The van der Waals surface area contributed by atoms with Crippen LogP contribution in [0.2, 0.25) is 0 Å². The molecule has 4 nitrogen and oxygen atoms in total. The summed E-state index contributed by atoms with van der Waals surface area (Å²) in [5.74, 6) is -1.04. The summed E-state index contributed by atoms with van der Waals surface area (Å²) in [6.45, 7) is 0. The third-order valence-corrected chi connectivity index (χ3v) is 3.58. The lowest BCUT2D eigenvalue weighted by molar-refractivity contribution is 0.0954. The van der Waals surface area contributed by atoms with Crippen molar-refractivity contribution < 1.29 is 14.3 Å². The molecule has 0 saturated heterocycles. The van der Waals surface area contributed by atoms with Crippen molar-refractivity contribution in [3.63, 3.8) is 0 Å². The topological polar surface area (TPSA) is 61.7 Å². The van der Waals surface area contributed by atoms with Crippen molar-refractivity contribution in [3.05, 3.63) is 62.3 Å². The van der Waals surface area contributed by atoms with Gasteiger partial charge in [-0.05, 0) is 46.3 Å². The maximum atomic E-state index is 13.0. The summed E-state index contributed by atoms with van der Waals surface area (Å²) in [6, 6.07) is 8.58. The van der Waals surface area contributed by atoms with Gasteiger partial charge in [0.2, 0.25) is 0 Å². The van der Waals surface area contributed by atoms with Crippen LogP contribution in [0.4, 0.5) is 4.39 Å². The molecular formula is C14H9Br2FN2O2. The van der Waals surface area contributed by atoms with Gasteiger partial charge in [-0.3, -0.25) is 4.79 Å². The van der Waals surface area contributed by atoms with Crippen molar-refractivity contribution in [1.29, 1.82) is 0 Å². The summed E-state index contributed by atoms with van der Waals surface area (Å²) < 4.78 is 14.2. The second-order valence-electron chi connectivity index (χ2n) is 4.03. The molecule has 0 saturated carbocycles. The minimum absolute atomic E-state index is 0.00181. The minimum atomic E-state index is -0.542. The Hall–Kier alpha value is -1.73. The van der Waals surface area contributed by atoms with Gasteiger partial charge >= 0.3 is 0 Å². The van der Waals surface area contributed by atoms with E-state index in [4.69, 9.17) is 0 Å². The maximum absolute atomic E-state index is 13.0. The van der Waals surface area contributed by atoms with E-state index in [2.05, 4.69) is 42.4 Å². The van der Waals surface area contributed by atoms with Gasteiger partial charge in [0.1, 0.15) is 11.6 Å². The number of phenols is 1. The van der Waals surface area contributed by atoms with Crippen molar-refractivity contribution in [2.24, 2.45) is 5.10 Å². The number of nitrogens with one attached hydrogen (secondary N) is 1. The third-order valence-electron chi connectivity index (χ3n) is 2.51. The Balaban J connectivity index is 2.11. The first-order valence-electron chi connectivity index (χ1n) is 5.74. The molecule has 0 unspecified atom stereocenters. The first-order valence-corrected chi connectivity index (χ1v) is 7.33. The monoisotopic (exact) mass is 414 g/mol. The quantitative estimate of drug-likeness (QED) is 0.591. The number of hydrogen-bond acceptors (Lipinski definition) is 3. The number of hydrazone groups is 1. The van der Waals surface area contributed by atoms with Crippen LogP contribution in [0.15, 0.2) is 50.4 Å². The Labute approximate surface area is 136 Å². The highest BCUT2D eigenvalue weighted by Gasteiger charge is 2.07. The zero-order chi connectivity index (χ0) is 15.4. The van der Waals surface area contributed by atoms with E-state index in [1.807, 2.05) is 0 Å². The zero-order valence-corrected chi connectivity index (χ0v) is 13.7. The molecule has 2 N–H and O–H groups in total. The van der Waals surface area contributed by atoms with E-state index < -0.39 is 11.7 Å². The molecule has 21 heavy (non-hydrogen) atoms. The van der Waals surface area contributed by atoms with E-state index in [0.717, 1.165) is 10.5 Å². The molecule has 2 aromatic rings. The first kappa shape index (κ1) is 15.7. The lowest BCUT2D eigenvalue weighted by Gasteiger charge is -2.03. The van der Waals surface area contributed by atoms with Crippen molar-refractivity contribution >= 4 is 44.0 Å². The highest BCUT2D eigenvalue weighted by Crippen LogP contribution is 2.30. The molecular weight excluding hydrogens is 407 g/mol. The summed E-state index contributed by atoms with van der Waals surface area (Å²) in [4.78, 5) is 11.7. The van der Waals surface area contributed by atoms with Crippen LogP contribution in [0.1, 0.15) is 15.9 Å². The van der Waals surface area contributed by atoms with Crippen molar-refractivity contribution in [1.82, 2.24) is 5.43 Å². The van der Waals surface area contributed by atoms with Gasteiger partial charge in [-0.2, -0.15) is 5.10 Å². The number of benzene rings is 2. The Morgan fingerprint density at radius 1 is 1.29 bits per heavy atom. The largest absolute Gasteiger partial charge is 0.506 e. The van der Waals surface area contributed by atoms with Gasteiger partial charge in [0.15, 0.2) is 0 Å². The summed E-state index contributed by atoms with van der Waals surface area (Å²) in [7, 11) is 0. The molecule has 0 spiro atoms. The molecule has 2 aromatic carbocycles. The number of hydrogen-bond donors (Lipinski definition) is 2. The Kier molecular flexibility index (Phi) is 5.08. The van der Waals surface area contributed by atoms with E-state index in [1.54, 1.807) is 12.1 Å². The zero-order valence-electron chi connectivity index (χ0n) is 10.5. The summed E-state index contributed by atoms with van der Waals surface area (Å²) >= 11 is 6.47. The molecule has 0 aliphatic rings. The standard InChI is InChI=1S/C14H9Br2FN2O2/c15-10-4-9(13(20)12(16)6-10)7-18-19-14(21)8-2-1-3-11(17)5-8/h1-7,20H,(H,19,21)/b18-7-. The highest BCUT2D eigenvalue weighted by atomic mass is 79.9. The van der Waals surface area contributed by atoms with Gasteiger partial charge in [-0.25, -0.2) is 9.82 Å². The van der Waals surface area contributed by atoms with Crippen LogP contribution in [0.3, 0.4) is 0 Å². The molecule has 0 aliphatic carbocycles. The van der Waals surface area contributed by atoms with Crippen LogP contribution < -0.4 is 5.43 Å². The SMILES string of the molecule is O=C(N/N=C\c1cc(Br)cc(Br)c1O)c1cccc(F)c1. The van der Waals surface area contributed by atoms with E-state index >= 15 is 0 Å². The molecule has 0 aliphatic heterocycles. The molecule has 7 heteroatoms. The summed E-state index contributed by atoms with van der Waals surface area (Å²) in [5, 5.41) is 13.6. The number of phenolic OH excluding ortho intramolecular Hbond substituents is 1. The van der Waals surface area contributed by atoms with Crippen LogP contribution in [-0.2, 0) is 0 Å². The summed E-state index contributed by atoms with van der Waals surface area (Å²) in [5.41, 5.74) is 2.83. The van der Waals surface area contributed by atoms with Crippen LogP contribution in [0, 0.1) is 5.82 Å². The van der Waals surface area contributed by atoms with Gasteiger partial charge in [0.25, 0.3) is 5.91 Å². The smallest absolute Gasteiger partial charge is 0.271 e. The second kappa shape index (κ2) is 6.82. The van der Waals surface area contributed by atoms with Crippen LogP contribution >= 0.6 is 31.9 Å². The van der Waals surface area contributed by atoms with Gasteiger partial charge in [0, 0.05) is 15.6 Å². The lowest BCUT2D eigenvalue weighted by atomic mass is 10.2. The van der Waals surface area contributed by atoms with Gasteiger partial charge in [0.05, 0.1) is 10.7 Å².